The Balaban J connectivity index is 2.09. The smallest absolute Gasteiger partial charge is 0.312 e. The summed E-state index contributed by atoms with van der Waals surface area (Å²) < 4.78 is 67.2. The summed E-state index contributed by atoms with van der Waals surface area (Å²) in [5, 5.41) is 15.1. The van der Waals surface area contributed by atoms with Crippen molar-refractivity contribution in [1.29, 1.82) is 5.26 Å². The Bertz CT molecular complexity index is 1480. The summed E-state index contributed by atoms with van der Waals surface area (Å²) in [6.45, 7) is 1.43. The Morgan fingerprint density at radius 3 is 2.65 bits per heavy atom. The lowest BCUT2D eigenvalue weighted by molar-refractivity contribution is -0.137. The lowest BCUT2D eigenvalue weighted by Gasteiger charge is -2.05. The molecule has 4 heterocycles. The van der Waals surface area contributed by atoms with Gasteiger partial charge in [-0.05, 0) is 12.1 Å². The van der Waals surface area contributed by atoms with Gasteiger partial charge < -0.3 is 4.57 Å². The molecule has 0 bridgehead atoms. The highest BCUT2D eigenvalue weighted by Gasteiger charge is 2.33. The van der Waals surface area contributed by atoms with Crippen molar-refractivity contribution >= 4 is 32.5 Å². The van der Waals surface area contributed by atoms with Crippen LogP contribution in [-0.4, -0.2) is 43.3 Å². The van der Waals surface area contributed by atoms with Gasteiger partial charge in [-0.25, -0.2) is 23.4 Å². The van der Waals surface area contributed by atoms with E-state index in [1.54, 1.807) is 6.19 Å². The molecule has 0 amide bonds. The number of nitrogens with one attached hydrogen (secondary N) is 1. The van der Waals surface area contributed by atoms with Crippen molar-refractivity contribution in [3.05, 3.63) is 30.1 Å². The van der Waals surface area contributed by atoms with E-state index in [0.717, 1.165) is 10.6 Å². The number of fused-ring (bicyclic) bond motifs is 2. The predicted molar refractivity (Wildman–Crippen MR) is 102 cm³/mol. The van der Waals surface area contributed by atoms with Crippen molar-refractivity contribution in [1.82, 2.24) is 29.1 Å². The molecular weight excluding hydrogens is 437 g/mol. The van der Waals surface area contributed by atoms with E-state index in [4.69, 9.17) is 5.26 Å². The van der Waals surface area contributed by atoms with Crippen molar-refractivity contribution in [2.45, 2.75) is 18.1 Å². The van der Waals surface area contributed by atoms with Crippen molar-refractivity contribution < 1.29 is 21.6 Å². The van der Waals surface area contributed by atoms with Crippen LogP contribution in [0.2, 0.25) is 0 Å². The van der Waals surface area contributed by atoms with Crippen LogP contribution in [0.4, 0.5) is 19.0 Å². The molecule has 0 saturated heterocycles. The van der Waals surface area contributed by atoms with Crippen LogP contribution in [0.25, 0.3) is 28.2 Å². The Hall–Kier alpha value is -3.73. The number of nitrogens with zero attached hydrogens (tertiary/aromatic N) is 7. The predicted octanol–water partition coefficient (Wildman–Crippen LogP) is 2.38. The normalized spacial score (nSPS) is 12.4. The van der Waals surface area contributed by atoms with Gasteiger partial charge in [0, 0.05) is 19.4 Å². The molecule has 0 aliphatic heterocycles. The lowest BCUT2D eigenvalue weighted by atomic mass is 10.2. The first-order valence-electron chi connectivity index (χ1n) is 8.74. The van der Waals surface area contributed by atoms with Crippen molar-refractivity contribution in [2.75, 3.05) is 11.1 Å². The molecule has 31 heavy (non-hydrogen) atoms. The Kier molecular flexibility index (Phi) is 4.58. The number of halogens is 3. The van der Waals surface area contributed by atoms with Gasteiger partial charge in [0.15, 0.2) is 32.4 Å². The van der Waals surface area contributed by atoms with Gasteiger partial charge in [0.2, 0.25) is 0 Å². The zero-order chi connectivity index (χ0) is 22.6. The van der Waals surface area contributed by atoms with Crippen LogP contribution < -0.4 is 5.32 Å². The second kappa shape index (κ2) is 6.91. The molecule has 4 aromatic rings. The number of pyridine rings is 1. The fourth-order valence-electron chi connectivity index (χ4n) is 3.08. The molecule has 0 fully saturated rings. The highest BCUT2D eigenvalue weighted by molar-refractivity contribution is 7.91. The largest absolute Gasteiger partial charge is 0.417 e. The third kappa shape index (κ3) is 3.22. The number of rotatable bonds is 4. The van der Waals surface area contributed by atoms with Crippen LogP contribution in [-0.2, 0) is 23.1 Å². The standard InChI is InChI=1S/C17H13F3N8O2S/c1-3-31(29,30)16-12(14-22-5-4-11(24-8-21)28(14)26-16)15-25-10-6-9(17(18,19)20)7-23-13(10)27(15)2/h4-7,24H,3H2,1-2H3. The van der Waals surface area contributed by atoms with Crippen LogP contribution in [0.5, 0.6) is 0 Å². The Morgan fingerprint density at radius 2 is 2.00 bits per heavy atom. The van der Waals surface area contributed by atoms with Gasteiger partial charge in [-0.1, -0.05) is 6.92 Å². The number of nitriles is 1. The van der Waals surface area contributed by atoms with E-state index in [9.17, 15) is 21.6 Å². The summed E-state index contributed by atoms with van der Waals surface area (Å²) in [6.07, 6.45) is -0.867. The van der Waals surface area contributed by atoms with E-state index in [0.29, 0.717) is 6.20 Å². The minimum Gasteiger partial charge on any atom is -0.312 e. The number of hydrogen-bond donors (Lipinski definition) is 1. The first-order chi connectivity index (χ1) is 14.6. The summed E-state index contributed by atoms with van der Waals surface area (Å²) >= 11 is 0. The van der Waals surface area contributed by atoms with Gasteiger partial charge in [-0.3, -0.25) is 5.32 Å². The molecule has 0 radical (unpaired) electrons. The third-order valence-electron chi connectivity index (χ3n) is 4.60. The topological polar surface area (TPSA) is 131 Å². The Morgan fingerprint density at radius 1 is 1.26 bits per heavy atom. The van der Waals surface area contributed by atoms with Gasteiger partial charge in [-0.2, -0.15) is 28.0 Å². The van der Waals surface area contributed by atoms with Crippen LogP contribution in [0.1, 0.15) is 12.5 Å². The maximum Gasteiger partial charge on any atom is 0.417 e. The molecule has 160 valence electrons. The average molecular weight is 450 g/mol. The van der Waals surface area contributed by atoms with Crippen LogP contribution >= 0.6 is 0 Å². The summed E-state index contributed by atoms with van der Waals surface area (Å²) in [5.74, 6) is -0.112. The second-order valence-corrected chi connectivity index (χ2v) is 8.64. The zero-order valence-corrected chi connectivity index (χ0v) is 16.8. The maximum absolute atomic E-state index is 13.1. The molecule has 0 aliphatic carbocycles. The molecule has 0 atom stereocenters. The van der Waals surface area contributed by atoms with Crippen LogP contribution in [0.15, 0.2) is 29.6 Å². The molecule has 0 spiro atoms. The molecule has 4 rings (SSSR count). The second-order valence-electron chi connectivity index (χ2n) is 6.44. The van der Waals surface area contributed by atoms with Crippen LogP contribution in [0, 0.1) is 11.5 Å². The molecule has 0 saturated carbocycles. The number of imidazole rings is 1. The SMILES string of the molecule is CCS(=O)(=O)c1nn2c(NC#N)ccnc2c1-c1nc2cc(C(F)(F)F)cnc2n1C. The highest BCUT2D eigenvalue weighted by atomic mass is 32.2. The lowest BCUT2D eigenvalue weighted by Crippen LogP contribution is -2.07. The number of alkyl halides is 3. The molecule has 1 N–H and O–H groups in total. The zero-order valence-electron chi connectivity index (χ0n) is 16.0. The summed E-state index contributed by atoms with van der Waals surface area (Å²) in [6, 6.07) is 2.25. The van der Waals surface area contributed by atoms with Gasteiger partial charge in [0.05, 0.1) is 11.3 Å². The number of aromatic nitrogens is 6. The molecule has 10 nitrogen and oxygen atoms in total. The summed E-state index contributed by atoms with van der Waals surface area (Å²) in [5.41, 5.74) is -0.880. The van der Waals surface area contributed by atoms with Crippen LogP contribution in [0.3, 0.4) is 0 Å². The minimum absolute atomic E-state index is 0.00232. The van der Waals surface area contributed by atoms with Crippen molar-refractivity contribution in [2.24, 2.45) is 7.05 Å². The van der Waals surface area contributed by atoms with Gasteiger partial charge >= 0.3 is 6.18 Å². The molecule has 0 unspecified atom stereocenters. The number of sulfone groups is 1. The number of hydrogen-bond acceptors (Lipinski definition) is 8. The Labute approximate surface area is 172 Å². The van der Waals surface area contributed by atoms with Gasteiger partial charge in [-0.15, -0.1) is 0 Å². The van der Waals surface area contributed by atoms with E-state index >= 15 is 0 Å². The quantitative estimate of drug-likeness (QED) is 0.370. The first-order valence-corrected chi connectivity index (χ1v) is 10.4. The van der Waals surface area contributed by atoms with E-state index < -0.39 is 21.6 Å². The highest BCUT2D eigenvalue weighted by Crippen LogP contribution is 2.35. The van der Waals surface area contributed by atoms with Gasteiger partial charge in [0.25, 0.3) is 0 Å². The van der Waals surface area contributed by atoms with E-state index in [1.807, 2.05) is 0 Å². The summed E-state index contributed by atoms with van der Waals surface area (Å²) in [4.78, 5) is 12.2. The average Bonchev–Trinajstić information content (AvgIpc) is 3.26. The van der Waals surface area contributed by atoms with E-state index in [-0.39, 0.29) is 44.8 Å². The monoisotopic (exact) mass is 450 g/mol. The number of anilines is 1. The molecule has 4 aromatic heterocycles. The van der Waals surface area contributed by atoms with E-state index in [1.165, 1.54) is 30.8 Å². The van der Waals surface area contributed by atoms with Crippen molar-refractivity contribution in [3.8, 4) is 17.6 Å². The maximum atomic E-state index is 13.1. The van der Waals surface area contributed by atoms with Gasteiger partial charge in [0.1, 0.15) is 22.7 Å². The molecule has 0 aliphatic rings. The summed E-state index contributed by atoms with van der Waals surface area (Å²) in [7, 11) is -2.40. The fraction of sp³-hybridized carbons (Fsp3) is 0.235. The third-order valence-corrected chi connectivity index (χ3v) is 6.24. The van der Waals surface area contributed by atoms with E-state index in [2.05, 4.69) is 25.4 Å². The fourth-order valence-corrected chi connectivity index (χ4v) is 4.06. The first kappa shape index (κ1) is 20.5. The minimum atomic E-state index is -4.61. The molecule has 14 heteroatoms. The number of aryl methyl sites for hydroxylation is 1. The molecule has 0 aromatic carbocycles. The van der Waals surface area contributed by atoms with Crippen molar-refractivity contribution in [3.63, 3.8) is 0 Å². The molecular formula is C17H13F3N8O2S.